The van der Waals surface area contributed by atoms with Crippen LogP contribution in [0, 0.1) is 15.4 Å². The molecule has 3 unspecified atom stereocenters. The third-order valence-electron chi connectivity index (χ3n) is 4.72. The molecule has 0 aliphatic heterocycles. The van der Waals surface area contributed by atoms with E-state index in [1.165, 1.54) is 47.7 Å². The Labute approximate surface area is 138 Å². The van der Waals surface area contributed by atoms with E-state index in [4.69, 9.17) is 0 Å². The number of halogens is 1. The van der Waals surface area contributed by atoms with Crippen LogP contribution in [0.25, 0.3) is 0 Å². The van der Waals surface area contributed by atoms with Gasteiger partial charge in [-0.25, -0.2) is 0 Å². The van der Waals surface area contributed by atoms with Crippen molar-refractivity contribution < 1.29 is 0 Å². The first-order valence-electron chi connectivity index (χ1n) is 8.23. The summed E-state index contributed by atoms with van der Waals surface area (Å²) in [4.78, 5) is 0. The van der Waals surface area contributed by atoms with Gasteiger partial charge < -0.3 is 5.32 Å². The van der Waals surface area contributed by atoms with Crippen LogP contribution in [0.2, 0.25) is 0 Å². The van der Waals surface area contributed by atoms with E-state index in [9.17, 15) is 0 Å². The molecule has 1 nitrogen and oxygen atoms in total. The van der Waals surface area contributed by atoms with E-state index in [2.05, 4.69) is 66.0 Å². The fraction of sp³-hybridized carbons (Fsp3) is 0.667. The minimum absolute atomic E-state index is 0.557. The molecule has 0 heterocycles. The van der Waals surface area contributed by atoms with E-state index < -0.39 is 0 Å². The molecule has 2 rings (SSSR count). The van der Waals surface area contributed by atoms with Crippen molar-refractivity contribution in [1.29, 1.82) is 0 Å². The first-order valence-corrected chi connectivity index (χ1v) is 9.31. The summed E-state index contributed by atoms with van der Waals surface area (Å²) in [6.07, 6.45) is 8.22. The third-order valence-corrected chi connectivity index (χ3v) is 5.43. The highest BCUT2D eigenvalue weighted by Gasteiger charge is 2.28. The molecule has 1 aliphatic rings. The van der Waals surface area contributed by atoms with Crippen LogP contribution in [0.1, 0.15) is 64.0 Å². The molecule has 1 N–H and O–H groups in total. The molecule has 0 aromatic heterocycles. The Morgan fingerprint density at radius 1 is 1.20 bits per heavy atom. The molecule has 1 aromatic rings. The van der Waals surface area contributed by atoms with Crippen LogP contribution < -0.4 is 5.32 Å². The van der Waals surface area contributed by atoms with Crippen molar-refractivity contribution in [2.45, 2.75) is 58.4 Å². The van der Waals surface area contributed by atoms with Gasteiger partial charge in [-0.05, 0) is 77.9 Å². The summed E-state index contributed by atoms with van der Waals surface area (Å²) in [5.41, 5.74) is 1.49. The Morgan fingerprint density at radius 2 is 1.95 bits per heavy atom. The van der Waals surface area contributed by atoms with Gasteiger partial charge in [0.1, 0.15) is 0 Å². The summed E-state index contributed by atoms with van der Waals surface area (Å²) in [5, 5.41) is 3.82. The van der Waals surface area contributed by atoms with Gasteiger partial charge in [0, 0.05) is 9.61 Å². The Bertz CT molecular complexity index is 387. The molecular weight excluding hydrogens is 357 g/mol. The first kappa shape index (κ1) is 16.3. The summed E-state index contributed by atoms with van der Waals surface area (Å²) in [6.45, 7) is 5.74. The van der Waals surface area contributed by atoms with Gasteiger partial charge in [0.25, 0.3) is 0 Å². The zero-order valence-corrected chi connectivity index (χ0v) is 15.0. The third kappa shape index (κ3) is 4.45. The summed E-state index contributed by atoms with van der Waals surface area (Å²) in [6, 6.07) is 9.70. The van der Waals surface area contributed by atoms with Crippen LogP contribution in [-0.4, -0.2) is 6.54 Å². The minimum Gasteiger partial charge on any atom is -0.310 e. The molecule has 20 heavy (non-hydrogen) atoms. The summed E-state index contributed by atoms with van der Waals surface area (Å²) in [5.74, 6) is 1.77. The highest BCUT2D eigenvalue weighted by atomic mass is 127. The predicted molar refractivity (Wildman–Crippen MR) is 95.9 cm³/mol. The molecule has 1 aromatic carbocycles. The number of nitrogens with one attached hydrogen (secondary N) is 1. The second-order valence-electron chi connectivity index (χ2n) is 6.18. The van der Waals surface area contributed by atoms with Crippen molar-refractivity contribution >= 4 is 22.6 Å². The molecule has 1 aliphatic carbocycles. The highest BCUT2D eigenvalue weighted by molar-refractivity contribution is 14.1. The fourth-order valence-electron chi connectivity index (χ4n) is 3.53. The van der Waals surface area contributed by atoms with E-state index in [1.807, 2.05) is 0 Å². The lowest BCUT2D eigenvalue weighted by molar-refractivity contribution is 0.209. The van der Waals surface area contributed by atoms with Crippen molar-refractivity contribution in [2.75, 3.05) is 6.54 Å². The molecule has 112 valence electrons. The zero-order chi connectivity index (χ0) is 14.4. The Kier molecular flexibility index (Phi) is 6.82. The SMILES string of the molecule is CCCNC(c1ccc(I)cc1)C1CCCC(CC)C1. The molecule has 0 amide bonds. The van der Waals surface area contributed by atoms with Crippen molar-refractivity contribution in [2.24, 2.45) is 11.8 Å². The molecule has 0 spiro atoms. The van der Waals surface area contributed by atoms with Gasteiger partial charge in [-0.1, -0.05) is 45.2 Å². The van der Waals surface area contributed by atoms with Gasteiger partial charge in [-0.15, -0.1) is 0 Å². The summed E-state index contributed by atoms with van der Waals surface area (Å²) >= 11 is 2.39. The topological polar surface area (TPSA) is 12.0 Å². The van der Waals surface area contributed by atoms with Crippen LogP contribution >= 0.6 is 22.6 Å². The maximum Gasteiger partial charge on any atom is 0.0348 e. The fourth-order valence-corrected chi connectivity index (χ4v) is 3.89. The van der Waals surface area contributed by atoms with E-state index >= 15 is 0 Å². The molecule has 3 atom stereocenters. The van der Waals surface area contributed by atoms with Gasteiger partial charge in [0.05, 0.1) is 0 Å². The summed E-state index contributed by atoms with van der Waals surface area (Å²) in [7, 11) is 0. The van der Waals surface area contributed by atoms with Crippen molar-refractivity contribution in [3.8, 4) is 0 Å². The average Bonchev–Trinajstić information content (AvgIpc) is 2.49. The predicted octanol–water partition coefficient (Wildman–Crippen LogP) is 5.55. The van der Waals surface area contributed by atoms with Crippen LogP contribution in [0.3, 0.4) is 0 Å². The largest absolute Gasteiger partial charge is 0.310 e. The van der Waals surface area contributed by atoms with Crippen LogP contribution in [0.5, 0.6) is 0 Å². The standard InChI is InChI=1S/C18H28IN/c1-3-12-20-18(15-8-10-17(19)11-9-15)16-7-5-6-14(4-2)13-16/h8-11,14,16,18,20H,3-7,12-13H2,1-2H3. The molecule has 0 saturated heterocycles. The molecule has 0 radical (unpaired) electrons. The van der Waals surface area contributed by atoms with Crippen molar-refractivity contribution in [3.63, 3.8) is 0 Å². The lowest BCUT2D eigenvalue weighted by atomic mass is 9.75. The van der Waals surface area contributed by atoms with Crippen LogP contribution in [-0.2, 0) is 0 Å². The average molecular weight is 385 g/mol. The second kappa shape index (κ2) is 8.38. The smallest absolute Gasteiger partial charge is 0.0348 e. The summed E-state index contributed by atoms with van der Waals surface area (Å²) < 4.78 is 1.33. The molecular formula is C18H28IN. The molecule has 1 fully saturated rings. The van der Waals surface area contributed by atoms with E-state index in [0.29, 0.717) is 6.04 Å². The molecule has 0 bridgehead atoms. The maximum atomic E-state index is 3.82. The Hall–Kier alpha value is -0.0900. The lowest BCUT2D eigenvalue weighted by Gasteiger charge is -2.35. The van der Waals surface area contributed by atoms with E-state index in [-0.39, 0.29) is 0 Å². The van der Waals surface area contributed by atoms with Crippen molar-refractivity contribution in [1.82, 2.24) is 5.32 Å². The number of rotatable bonds is 6. The van der Waals surface area contributed by atoms with Gasteiger partial charge in [-0.3, -0.25) is 0 Å². The van der Waals surface area contributed by atoms with Gasteiger partial charge >= 0.3 is 0 Å². The number of hydrogen-bond donors (Lipinski definition) is 1. The molecule has 1 saturated carbocycles. The zero-order valence-electron chi connectivity index (χ0n) is 12.9. The normalized spacial score (nSPS) is 24.6. The maximum absolute atomic E-state index is 3.82. The van der Waals surface area contributed by atoms with Gasteiger partial charge in [-0.2, -0.15) is 0 Å². The van der Waals surface area contributed by atoms with Crippen LogP contribution in [0.15, 0.2) is 24.3 Å². The Balaban J connectivity index is 2.11. The van der Waals surface area contributed by atoms with E-state index in [0.717, 1.165) is 18.4 Å². The lowest BCUT2D eigenvalue weighted by Crippen LogP contribution is -2.32. The first-order chi connectivity index (χ1) is 9.74. The quantitative estimate of drug-likeness (QED) is 0.634. The van der Waals surface area contributed by atoms with Crippen molar-refractivity contribution in [3.05, 3.63) is 33.4 Å². The highest BCUT2D eigenvalue weighted by Crippen LogP contribution is 2.38. The van der Waals surface area contributed by atoms with E-state index in [1.54, 1.807) is 0 Å². The number of benzene rings is 1. The van der Waals surface area contributed by atoms with Crippen LogP contribution in [0.4, 0.5) is 0 Å². The minimum atomic E-state index is 0.557. The van der Waals surface area contributed by atoms with Gasteiger partial charge in [0.2, 0.25) is 0 Å². The number of hydrogen-bond acceptors (Lipinski definition) is 1. The van der Waals surface area contributed by atoms with Gasteiger partial charge in [0.15, 0.2) is 0 Å². The Morgan fingerprint density at radius 3 is 2.60 bits per heavy atom. The monoisotopic (exact) mass is 385 g/mol. The second-order valence-corrected chi connectivity index (χ2v) is 7.43. The molecule has 2 heteroatoms.